The van der Waals surface area contributed by atoms with E-state index in [0.717, 1.165) is 23.5 Å². The van der Waals surface area contributed by atoms with Crippen molar-refractivity contribution in [3.05, 3.63) is 47.4 Å². The van der Waals surface area contributed by atoms with Crippen LogP contribution >= 0.6 is 24.0 Å². The predicted molar refractivity (Wildman–Crippen MR) is 123 cm³/mol. The summed E-state index contributed by atoms with van der Waals surface area (Å²) >= 11 is 0. The van der Waals surface area contributed by atoms with Crippen LogP contribution in [0.15, 0.2) is 39.7 Å². The van der Waals surface area contributed by atoms with Crippen molar-refractivity contribution >= 4 is 35.8 Å². The van der Waals surface area contributed by atoms with Crippen LogP contribution in [0.1, 0.15) is 35.7 Å². The number of furan rings is 1. The second-order valence-corrected chi connectivity index (χ2v) is 5.88. The van der Waals surface area contributed by atoms with E-state index in [9.17, 15) is 4.79 Å². The molecule has 0 unspecified atom stereocenters. The van der Waals surface area contributed by atoms with Crippen molar-refractivity contribution in [2.24, 2.45) is 10.7 Å². The molecule has 0 aliphatic heterocycles. The molecule has 8 nitrogen and oxygen atoms in total. The zero-order valence-corrected chi connectivity index (χ0v) is 19.3. The lowest BCUT2D eigenvalue weighted by Gasteiger charge is -2.14. The number of hydrogen-bond acceptors (Lipinski definition) is 5. The van der Waals surface area contributed by atoms with E-state index in [0.29, 0.717) is 38.0 Å². The molecule has 1 heterocycles. The number of hydrogen-bond donors (Lipinski definition) is 3. The normalized spacial score (nSPS) is 10.8. The van der Waals surface area contributed by atoms with Crippen LogP contribution in [-0.2, 0) is 13.0 Å². The first-order chi connectivity index (χ1) is 13.6. The maximum atomic E-state index is 11.1. The van der Waals surface area contributed by atoms with Gasteiger partial charge in [0, 0.05) is 13.6 Å². The standard InChI is InChI=1S/C20H28N4O4.HI/c1-4-26-16-8-6-14(12-18(16)27-5-2)10-11-23-20(22-3)24-13-15-7-9-17(28-15)19(21)25;/h6-9,12H,4-5,10-11,13H2,1-3H3,(H2,21,25)(H2,22,23,24);1H. The van der Waals surface area contributed by atoms with Gasteiger partial charge >= 0.3 is 0 Å². The van der Waals surface area contributed by atoms with E-state index in [2.05, 4.69) is 15.6 Å². The molecule has 0 aliphatic rings. The second-order valence-electron chi connectivity index (χ2n) is 5.88. The molecule has 0 radical (unpaired) electrons. The van der Waals surface area contributed by atoms with Gasteiger partial charge < -0.3 is 30.3 Å². The SMILES string of the molecule is CCOc1ccc(CCNC(=NC)NCc2ccc(C(N)=O)o2)cc1OCC.I. The summed E-state index contributed by atoms with van der Waals surface area (Å²) in [5.41, 5.74) is 6.31. The van der Waals surface area contributed by atoms with Crippen molar-refractivity contribution in [3.8, 4) is 11.5 Å². The number of guanidine groups is 1. The third-order valence-electron chi connectivity index (χ3n) is 3.87. The Labute approximate surface area is 188 Å². The summed E-state index contributed by atoms with van der Waals surface area (Å²) < 4.78 is 16.6. The average Bonchev–Trinajstić information content (AvgIpc) is 3.16. The fourth-order valence-corrected chi connectivity index (χ4v) is 2.57. The summed E-state index contributed by atoms with van der Waals surface area (Å²) in [6.07, 6.45) is 0.791. The number of ether oxygens (including phenoxy) is 2. The Morgan fingerprint density at radius 1 is 1.10 bits per heavy atom. The van der Waals surface area contributed by atoms with E-state index in [1.807, 2.05) is 32.0 Å². The fourth-order valence-electron chi connectivity index (χ4n) is 2.57. The Kier molecular flexibility index (Phi) is 11.0. The van der Waals surface area contributed by atoms with Crippen LogP contribution in [0.3, 0.4) is 0 Å². The van der Waals surface area contributed by atoms with Gasteiger partial charge in [0.05, 0.1) is 19.8 Å². The number of carbonyl (C=O) groups excluding carboxylic acids is 1. The number of nitrogens with zero attached hydrogens (tertiary/aromatic N) is 1. The van der Waals surface area contributed by atoms with Gasteiger partial charge in [0.15, 0.2) is 23.2 Å². The molecule has 160 valence electrons. The van der Waals surface area contributed by atoms with Crippen LogP contribution in [0.5, 0.6) is 11.5 Å². The first-order valence-electron chi connectivity index (χ1n) is 9.28. The number of benzene rings is 1. The fraction of sp³-hybridized carbons (Fsp3) is 0.400. The van der Waals surface area contributed by atoms with Crippen LogP contribution in [0.25, 0.3) is 0 Å². The van der Waals surface area contributed by atoms with Gasteiger partial charge in [-0.1, -0.05) is 6.07 Å². The average molecular weight is 516 g/mol. The molecule has 2 aromatic rings. The summed E-state index contributed by atoms with van der Waals surface area (Å²) in [6.45, 7) is 6.16. The summed E-state index contributed by atoms with van der Waals surface area (Å²) in [6, 6.07) is 9.22. The maximum Gasteiger partial charge on any atom is 0.284 e. The highest BCUT2D eigenvalue weighted by Gasteiger charge is 2.08. The molecule has 9 heteroatoms. The number of aliphatic imine (C=N–C) groups is 1. The van der Waals surface area contributed by atoms with Gasteiger partial charge in [-0.3, -0.25) is 9.79 Å². The van der Waals surface area contributed by atoms with Crippen molar-refractivity contribution in [2.75, 3.05) is 26.8 Å². The third kappa shape index (κ3) is 7.84. The van der Waals surface area contributed by atoms with Gasteiger partial charge in [0.25, 0.3) is 5.91 Å². The van der Waals surface area contributed by atoms with Crippen LogP contribution in [-0.4, -0.2) is 38.7 Å². The van der Waals surface area contributed by atoms with Crippen molar-refractivity contribution in [2.45, 2.75) is 26.8 Å². The number of nitrogens with one attached hydrogen (secondary N) is 2. The number of primary amides is 1. The molecule has 29 heavy (non-hydrogen) atoms. The van der Waals surface area contributed by atoms with Gasteiger partial charge in [-0.25, -0.2) is 0 Å². The highest BCUT2D eigenvalue weighted by Crippen LogP contribution is 2.28. The highest BCUT2D eigenvalue weighted by atomic mass is 127. The molecule has 0 aliphatic carbocycles. The van der Waals surface area contributed by atoms with Crippen molar-refractivity contribution < 1.29 is 18.7 Å². The first-order valence-corrected chi connectivity index (χ1v) is 9.28. The Bertz CT molecular complexity index is 808. The van der Waals surface area contributed by atoms with Gasteiger partial charge in [0.1, 0.15) is 5.76 Å². The largest absolute Gasteiger partial charge is 0.490 e. The molecule has 4 N–H and O–H groups in total. The molecule has 1 amide bonds. The number of amides is 1. The molecule has 0 saturated heterocycles. The van der Waals surface area contributed by atoms with E-state index in [4.69, 9.17) is 19.6 Å². The zero-order valence-electron chi connectivity index (χ0n) is 17.0. The van der Waals surface area contributed by atoms with Gasteiger partial charge in [-0.2, -0.15) is 0 Å². The lowest BCUT2D eigenvalue weighted by molar-refractivity contribution is 0.0972. The van der Waals surface area contributed by atoms with Crippen LogP contribution in [0.4, 0.5) is 0 Å². The summed E-state index contributed by atoms with van der Waals surface area (Å²) in [5.74, 6) is 2.30. The minimum absolute atomic E-state index is 0. The first kappa shape index (κ1) is 24.6. The van der Waals surface area contributed by atoms with E-state index in [1.54, 1.807) is 19.2 Å². The van der Waals surface area contributed by atoms with Crippen molar-refractivity contribution in [3.63, 3.8) is 0 Å². The molecule has 1 aromatic heterocycles. The summed E-state index contributed by atoms with van der Waals surface area (Å²) in [5, 5.41) is 6.37. The van der Waals surface area contributed by atoms with Crippen LogP contribution < -0.4 is 25.8 Å². The molecule has 0 bridgehead atoms. The summed E-state index contributed by atoms with van der Waals surface area (Å²) in [4.78, 5) is 15.2. The highest BCUT2D eigenvalue weighted by molar-refractivity contribution is 14.0. The van der Waals surface area contributed by atoms with Gasteiger partial charge in [0.2, 0.25) is 0 Å². The smallest absolute Gasteiger partial charge is 0.284 e. The number of nitrogens with two attached hydrogens (primary N) is 1. The molecular formula is C20H29IN4O4. The minimum Gasteiger partial charge on any atom is -0.490 e. The van der Waals surface area contributed by atoms with Crippen molar-refractivity contribution in [1.29, 1.82) is 0 Å². The lowest BCUT2D eigenvalue weighted by atomic mass is 10.1. The maximum absolute atomic E-state index is 11.1. The molecule has 2 rings (SSSR count). The summed E-state index contributed by atoms with van der Waals surface area (Å²) in [7, 11) is 1.69. The molecular weight excluding hydrogens is 487 g/mol. The molecule has 0 spiro atoms. The Morgan fingerprint density at radius 2 is 1.83 bits per heavy atom. The van der Waals surface area contributed by atoms with Crippen molar-refractivity contribution in [1.82, 2.24) is 10.6 Å². The quantitative estimate of drug-likeness (QED) is 0.255. The lowest BCUT2D eigenvalue weighted by Crippen LogP contribution is -2.37. The predicted octanol–water partition coefficient (Wildman–Crippen LogP) is 2.70. The van der Waals surface area contributed by atoms with Gasteiger partial charge in [-0.05, 0) is 50.1 Å². The number of halogens is 1. The Morgan fingerprint density at radius 3 is 2.45 bits per heavy atom. The van der Waals surface area contributed by atoms with Crippen LogP contribution in [0.2, 0.25) is 0 Å². The number of rotatable bonds is 10. The topological polar surface area (TPSA) is 111 Å². The van der Waals surface area contributed by atoms with E-state index in [-0.39, 0.29) is 29.7 Å². The Hall–Kier alpha value is -2.43. The molecule has 0 fully saturated rings. The van der Waals surface area contributed by atoms with Crippen LogP contribution in [0, 0.1) is 0 Å². The Balaban J connectivity index is 0.00000420. The molecule has 0 atom stereocenters. The molecule has 1 aromatic carbocycles. The zero-order chi connectivity index (χ0) is 20.4. The van der Waals surface area contributed by atoms with E-state index in [1.165, 1.54) is 0 Å². The van der Waals surface area contributed by atoms with Gasteiger partial charge in [-0.15, -0.1) is 24.0 Å². The van der Waals surface area contributed by atoms with E-state index >= 15 is 0 Å². The second kappa shape index (κ2) is 12.9. The number of carbonyl (C=O) groups is 1. The third-order valence-corrected chi connectivity index (χ3v) is 3.87. The molecule has 0 saturated carbocycles. The van der Waals surface area contributed by atoms with E-state index < -0.39 is 5.91 Å². The monoisotopic (exact) mass is 516 g/mol. The minimum atomic E-state index is -0.587.